The summed E-state index contributed by atoms with van der Waals surface area (Å²) < 4.78 is 26.6. The number of nitrogens with one attached hydrogen (secondary N) is 1. The number of hydrogen-bond acceptors (Lipinski definition) is 4. The second-order valence-corrected chi connectivity index (χ2v) is 6.29. The van der Waals surface area contributed by atoms with Gasteiger partial charge in [-0.25, -0.2) is 19.0 Å². The summed E-state index contributed by atoms with van der Waals surface area (Å²) in [6.07, 6.45) is 0. The highest BCUT2D eigenvalue weighted by molar-refractivity contribution is 7.89. The van der Waals surface area contributed by atoms with Crippen LogP contribution >= 0.6 is 11.6 Å². The molecule has 3 N–H and O–H groups in total. The number of nitrogens with two attached hydrogens (primary N) is 1. The van der Waals surface area contributed by atoms with Gasteiger partial charge in [-0.05, 0) is 26.0 Å². The molecule has 1 rings (SSSR count). The zero-order valence-electron chi connectivity index (χ0n) is 9.60. The number of hydrogen-bond donors (Lipinski definition) is 2. The maximum Gasteiger partial charge on any atom is 0.242 e. The van der Waals surface area contributed by atoms with Gasteiger partial charge < -0.3 is 4.84 Å². The minimum absolute atomic E-state index is 0.0340. The van der Waals surface area contributed by atoms with Crippen LogP contribution in [-0.4, -0.2) is 20.6 Å². The summed E-state index contributed by atoms with van der Waals surface area (Å²) in [7, 11) is -3.69. The molecule has 0 aliphatic carbocycles. The SMILES string of the molecule is CC(C)(CON)NS(=O)(=O)c1ccccc1Cl. The molecule has 0 aliphatic rings. The Morgan fingerprint density at radius 2 is 2.00 bits per heavy atom. The highest BCUT2D eigenvalue weighted by Crippen LogP contribution is 2.21. The Hall–Kier alpha value is -0.660. The summed E-state index contributed by atoms with van der Waals surface area (Å²) in [6.45, 7) is 3.37. The Morgan fingerprint density at radius 1 is 1.41 bits per heavy atom. The normalized spacial score (nSPS) is 12.7. The quantitative estimate of drug-likeness (QED) is 0.795. The third-order valence-corrected chi connectivity index (χ3v) is 4.18. The van der Waals surface area contributed by atoms with E-state index in [4.69, 9.17) is 17.5 Å². The van der Waals surface area contributed by atoms with Crippen molar-refractivity contribution in [2.45, 2.75) is 24.3 Å². The lowest BCUT2D eigenvalue weighted by Crippen LogP contribution is -2.47. The van der Waals surface area contributed by atoms with Gasteiger partial charge in [0.15, 0.2) is 0 Å². The maximum atomic E-state index is 12.1. The van der Waals surface area contributed by atoms with Gasteiger partial charge in [-0.3, -0.25) is 0 Å². The lowest BCUT2D eigenvalue weighted by molar-refractivity contribution is 0.0929. The van der Waals surface area contributed by atoms with Gasteiger partial charge in [-0.2, -0.15) is 0 Å². The van der Waals surface area contributed by atoms with Crippen LogP contribution in [0.1, 0.15) is 13.8 Å². The molecule has 0 fully saturated rings. The van der Waals surface area contributed by atoms with Crippen molar-refractivity contribution in [2.24, 2.45) is 5.90 Å². The number of rotatable bonds is 5. The predicted molar refractivity (Wildman–Crippen MR) is 66.0 cm³/mol. The number of sulfonamides is 1. The molecular weight excluding hydrogens is 264 g/mol. The molecule has 0 amide bonds. The monoisotopic (exact) mass is 278 g/mol. The molecule has 0 atom stereocenters. The summed E-state index contributed by atoms with van der Waals surface area (Å²) in [6, 6.07) is 6.22. The zero-order chi connectivity index (χ0) is 13.1. The third kappa shape index (κ3) is 3.93. The highest BCUT2D eigenvalue weighted by Gasteiger charge is 2.27. The van der Waals surface area contributed by atoms with Gasteiger partial charge in [0.25, 0.3) is 0 Å². The van der Waals surface area contributed by atoms with Crippen molar-refractivity contribution in [2.75, 3.05) is 6.61 Å². The molecule has 0 saturated heterocycles. The fourth-order valence-electron chi connectivity index (χ4n) is 1.32. The van der Waals surface area contributed by atoms with Gasteiger partial charge in [0.2, 0.25) is 10.0 Å². The average Bonchev–Trinajstić information content (AvgIpc) is 2.15. The van der Waals surface area contributed by atoms with Gasteiger partial charge in [0.1, 0.15) is 4.90 Å². The van der Waals surface area contributed by atoms with E-state index in [9.17, 15) is 8.42 Å². The molecule has 17 heavy (non-hydrogen) atoms. The van der Waals surface area contributed by atoms with Gasteiger partial charge in [0, 0.05) is 0 Å². The first-order valence-electron chi connectivity index (χ1n) is 4.89. The highest BCUT2D eigenvalue weighted by atomic mass is 35.5. The van der Waals surface area contributed by atoms with E-state index in [1.54, 1.807) is 26.0 Å². The van der Waals surface area contributed by atoms with Crippen molar-refractivity contribution < 1.29 is 13.3 Å². The van der Waals surface area contributed by atoms with Crippen molar-refractivity contribution in [3.8, 4) is 0 Å². The fourth-order valence-corrected chi connectivity index (χ4v) is 3.24. The Labute approximate surface area is 106 Å². The molecule has 0 saturated carbocycles. The van der Waals surface area contributed by atoms with Crippen LogP contribution in [0.25, 0.3) is 0 Å². The average molecular weight is 279 g/mol. The van der Waals surface area contributed by atoms with Crippen LogP contribution in [-0.2, 0) is 14.9 Å². The lowest BCUT2D eigenvalue weighted by Gasteiger charge is -2.24. The van der Waals surface area contributed by atoms with E-state index in [1.165, 1.54) is 12.1 Å². The molecule has 0 heterocycles. The van der Waals surface area contributed by atoms with Gasteiger partial charge in [-0.15, -0.1) is 0 Å². The molecule has 0 aliphatic heterocycles. The predicted octanol–water partition coefficient (Wildman–Crippen LogP) is 1.29. The van der Waals surface area contributed by atoms with Crippen LogP contribution in [0.5, 0.6) is 0 Å². The van der Waals surface area contributed by atoms with Crippen LogP contribution < -0.4 is 10.6 Å². The van der Waals surface area contributed by atoms with E-state index in [0.717, 1.165) is 0 Å². The minimum atomic E-state index is -3.69. The summed E-state index contributed by atoms with van der Waals surface area (Å²) in [4.78, 5) is 4.49. The van der Waals surface area contributed by atoms with Crippen molar-refractivity contribution >= 4 is 21.6 Å². The van der Waals surface area contributed by atoms with Crippen LogP contribution in [0, 0.1) is 0 Å². The minimum Gasteiger partial charge on any atom is -0.303 e. The largest absolute Gasteiger partial charge is 0.303 e. The second kappa shape index (κ2) is 5.32. The van der Waals surface area contributed by atoms with Crippen molar-refractivity contribution in [1.82, 2.24) is 4.72 Å². The first-order valence-corrected chi connectivity index (χ1v) is 6.75. The smallest absolute Gasteiger partial charge is 0.242 e. The molecule has 0 unspecified atom stereocenters. The molecule has 0 bridgehead atoms. The molecule has 5 nitrogen and oxygen atoms in total. The van der Waals surface area contributed by atoms with Crippen molar-refractivity contribution in [3.63, 3.8) is 0 Å². The Bertz CT molecular complexity index is 488. The Balaban J connectivity index is 3.02. The van der Waals surface area contributed by atoms with Crippen molar-refractivity contribution in [1.29, 1.82) is 0 Å². The van der Waals surface area contributed by atoms with E-state index in [2.05, 4.69) is 9.56 Å². The lowest BCUT2D eigenvalue weighted by atomic mass is 10.1. The first kappa shape index (κ1) is 14.4. The molecule has 7 heteroatoms. The summed E-state index contributed by atoms with van der Waals surface area (Å²) in [5, 5.41) is 0.171. The fraction of sp³-hybridized carbons (Fsp3) is 0.400. The molecule has 0 radical (unpaired) electrons. The molecule has 1 aromatic carbocycles. The number of benzene rings is 1. The summed E-state index contributed by atoms with van der Waals surface area (Å²) >= 11 is 5.84. The van der Waals surface area contributed by atoms with E-state index >= 15 is 0 Å². The standard InChI is InChI=1S/C10H15ClN2O3S/c1-10(2,7-16-12)13-17(14,15)9-6-4-3-5-8(9)11/h3-6,13H,7,12H2,1-2H3. The van der Waals surface area contributed by atoms with E-state index in [1.807, 2.05) is 0 Å². The van der Waals surface area contributed by atoms with Crippen LogP contribution in [0.4, 0.5) is 0 Å². The van der Waals surface area contributed by atoms with E-state index in [-0.39, 0.29) is 16.5 Å². The molecule has 0 spiro atoms. The van der Waals surface area contributed by atoms with Crippen molar-refractivity contribution in [3.05, 3.63) is 29.3 Å². The van der Waals surface area contributed by atoms with E-state index < -0.39 is 15.6 Å². The molecular formula is C10H15ClN2O3S. The Morgan fingerprint density at radius 3 is 2.53 bits per heavy atom. The molecule has 1 aromatic rings. The van der Waals surface area contributed by atoms with Gasteiger partial charge in [-0.1, -0.05) is 23.7 Å². The third-order valence-electron chi connectivity index (χ3n) is 1.98. The van der Waals surface area contributed by atoms with Crippen LogP contribution in [0.15, 0.2) is 29.2 Å². The van der Waals surface area contributed by atoms with Crippen LogP contribution in [0.3, 0.4) is 0 Å². The molecule has 0 aromatic heterocycles. The topological polar surface area (TPSA) is 81.4 Å². The van der Waals surface area contributed by atoms with Gasteiger partial charge in [0.05, 0.1) is 17.2 Å². The summed E-state index contributed by atoms with van der Waals surface area (Å²) in [5.41, 5.74) is -0.813. The zero-order valence-corrected chi connectivity index (χ0v) is 11.2. The number of halogens is 1. The first-order chi connectivity index (χ1) is 7.78. The Kier molecular flexibility index (Phi) is 4.51. The van der Waals surface area contributed by atoms with E-state index in [0.29, 0.717) is 0 Å². The maximum absolute atomic E-state index is 12.1. The van der Waals surface area contributed by atoms with Gasteiger partial charge >= 0.3 is 0 Å². The second-order valence-electron chi connectivity index (χ2n) is 4.23. The summed E-state index contributed by atoms with van der Waals surface area (Å²) in [5.74, 6) is 4.94. The van der Waals surface area contributed by atoms with Crippen LogP contribution in [0.2, 0.25) is 5.02 Å². The molecule has 96 valence electrons.